The number of aromatic nitrogens is 2. The molecule has 1 aliphatic heterocycles. The molecule has 2 heterocycles. The third kappa shape index (κ3) is 3.39. The molecule has 0 N–H and O–H groups in total. The molecule has 0 bridgehead atoms. The molecule has 25 heavy (non-hydrogen) atoms. The minimum absolute atomic E-state index is 0.0980. The van der Waals surface area contributed by atoms with E-state index in [2.05, 4.69) is 34.5 Å². The molecule has 2 aromatic rings. The van der Waals surface area contributed by atoms with Crippen molar-refractivity contribution in [2.24, 2.45) is 9.98 Å². The third-order valence-corrected chi connectivity index (χ3v) is 4.19. The van der Waals surface area contributed by atoms with Crippen LogP contribution < -0.4 is 4.74 Å². The van der Waals surface area contributed by atoms with Gasteiger partial charge in [-0.25, -0.2) is 15.0 Å². The second kappa shape index (κ2) is 6.88. The van der Waals surface area contributed by atoms with Gasteiger partial charge in [-0.2, -0.15) is 0 Å². The molecule has 6 heteroatoms. The molecule has 1 aliphatic rings. The Hall–Kier alpha value is -2.34. The summed E-state index contributed by atoms with van der Waals surface area (Å²) in [6.07, 6.45) is 2.08. The molecule has 1 aromatic heterocycles. The summed E-state index contributed by atoms with van der Waals surface area (Å²) in [4.78, 5) is 13.6. The van der Waals surface area contributed by atoms with E-state index in [0.29, 0.717) is 11.7 Å². The van der Waals surface area contributed by atoms with Crippen LogP contribution >= 0.6 is 12.2 Å². The molecule has 0 radical (unpaired) electrons. The number of ether oxygens (including phenoxy) is 1. The number of nitrogens with zero attached hydrogens (tertiary/aromatic N) is 4. The maximum Gasteiger partial charge on any atom is 0.219 e. The number of allylic oxidation sites excluding steroid dienone is 1. The van der Waals surface area contributed by atoms with E-state index < -0.39 is 0 Å². The number of fused-ring (bicyclic) bond motifs is 1. The highest BCUT2D eigenvalue weighted by Crippen LogP contribution is 2.29. The molecule has 0 amide bonds. The fourth-order valence-electron chi connectivity index (χ4n) is 3.10. The second-order valence-corrected chi connectivity index (χ2v) is 6.70. The Labute approximate surface area is 153 Å². The average molecular weight is 354 g/mol. The maximum absolute atomic E-state index is 5.68. The van der Waals surface area contributed by atoms with Gasteiger partial charge in [-0.3, -0.25) is 0 Å². The molecule has 0 spiro atoms. The summed E-state index contributed by atoms with van der Waals surface area (Å²) in [5.74, 6) is 1.71. The Morgan fingerprint density at radius 1 is 1.24 bits per heavy atom. The van der Waals surface area contributed by atoms with Crippen LogP contribution in [0.3, 0.4) is 0 Å². The van der Waals surface area contributed by atoms with Gasteiger partial charge in [0.1, 0.15) is 17.6 Å². The highest BCUT2D eigenvalue weighted by atomic mass is 32.1. The van der Waals surface area contributed by atoms with Crippen molar-refractivity contribution < 1.29 is 4.74 Å². The first-order chi connectivity index (χ1) is 11.9. The van der Waals surface area contributed by atoms with Crippen molar-refractivity contribution in [2.45, 2.75) is 40.7 Å². The number of thiocarbonyl (C=S) groups is 1. The van der Waals surface area contributed by atoms with Gasteiger partial charge in [0.25, 0.3) is 0 Å². The van der Waals surface area contributed by atoms with Crippen LogP contribution in [-0.4, -0.2) is 32.7 Å². The van der Waals surface area contributed by atoms with Crippen LogP contribution in [0.2, 0.25) is 0 Å². The van der Waals surface area contributed by atoms with E-state index in [9.17, 15) is 0 Å². The quantitative estimate of drug-likeness (QED) is 0.753. The molecule has 0 saturated carbocycles. The van der Waals surface area contributed by atoms with Crippen molar-refractivity contribution in [1.82, 2.24) is 9.55 Å². The van der Waals surface area contributed by atoms with Crippen LogP contribution in [0.25, 0.3) is 17.1 Å². The normalized spacial score (nSPS) is 15.2. The van der Waals surface area contributed by atoms with Gasteiger partial charge < -0.3 is 9.30 Å². The van der Waals surface area contributed by atoms with Gasteiger partial charge in [0.2, 0.25) is 5.11 Å². The Morgan fingerprint density at radius 3 is 2.52 bits per heavy atom. The lowest BCUT2D eigenvalue weighted by Gasteiger charge is -2.24. The summed E-state index contributed by atoms with van der Waals surface area (Å²) in [5, 5.41) is 0.384. The van der Waals surface area contributed by atoms with Gasteiger partial charge >= 0.3 is 0 Å². The van der Waals surface area contributed by atoms with Gasteiger partial charge in [-0.15, -0.1) is 0 Å². The largest absolute Gasteiger partial charge is 0.494 e. The molecule has 0 aliphatic carbocycles. The van der Waals surface area contributed by atoms with E-state index in [1.807, 2.05) is 39.0 Å². The molecular formula is C19H22N4OS. The van der Waals surface area contributed by atoms with Crippen molar-refractivity contribution >= 4 is 45.9 Å². The fourth-order valence-corrected chi connectivity index (χ4v) is 3.39. The summed E-state index contributed by atoms with van der Waals surface area (Å²) in [5.41, 5.74) is 4.94. The predicted molar refractivity (Wildman–Crippen MR) is 108 cm³/mol. The Morgan fingerprint density at radius 2 is 1.92 bits per heavy atom. The van der Waals surface area contributed by atoms with E-state index in [-0.39, 0.29) is 6.04 Å². The van der Waals surface area contributed by atoms with E-state index in [0.717, 1.165) is 34.0 Å². The van der Waals surface area contributed by atoms with Crippen molar-refractivity contribution in [3.05, 3.63) is 29.6 Å². The zero-order chi connectivity index (χ0) is 18.1. The standard InChI is InChI=1S/C19H22N4OS/c1-6-24-14-7-8-15-16(10-14)23(17(22-15)9-11(2)3)18-12(4)20-19(25)21-13(18)5/h7-10,18H,6H2,1-5H3. The number of hydrogen-bond donors (Lipinski definition) is 0. The van der Waals surface area contributed by atoms with Gasteiger partial charge in [0.05, 0.1) is 17.6 Å². The third-order valence-electron chi connectivity index (χ3n) is 4.01. The molecule has 0 unspecified atom stereocenters. The molecule has 130 valence electrons. The molecule has 1 aromatic carbocycles. The van der Waals surface area contributed by atoms with E-state index >= 15 is 0 Å². The maximum atomic E-state index is 5.68. The molecule has 3 rings (SSSR count). The first-order valence-corrected chi connectivity index (χ1v) is 8.75. The molecule has 5 nitrogen and oxygen atoms in total. The van der Waals surface area contributed by atoms with Crippen LogP contribution in [0.1, 0.15) is 46.5 Å². The van der Waals surface area contributed by atoms with Crippen LogP contribution in [0.15, 0.2) is 33.8 Å². The SMILES string of the molecule is CCOc1ccc2nc(C=C(C)C)n(C3C(C)=NC(=S)N=C3C)c2c1. The van der Waals surface area contributed by atoms with Gasteiger partial charge in [0.15, 0.2) is 0 Å². The number of hydrogen-bond acceptors (Lipinski definition) is 3. The number of rotatable bonds is 4. The van der Waals surface area contributed by atoms with Crippen molar-refractivity contribution in [3.63, 3.8) is 0 Å². The monoisotopic (exact) mass is 354 g/mol. The van der Waals surface area contributed by atoms with Crippen LogP contribution in [-0.2, 0) is 0 Å². The van der Waals surface area contributed by atoms with E-state index in [1.165, 1.54) is 5.57 Å². The molecule has 0 atom stereocenters. The highest BCUT2D eigenvalue weighted by Gasteiger charge is 2.26. The number of imidazole rings is 1. The predicted octanol–water partition coefficient (Wildman–Crippen LogP) is 4.62. The van der Waals surface area contributed by atoms with Gasteiger partial charge in [0, 0.05) is 17.5 Å². The van der Waals surface area contributed by atoms with Crippen LogP contribution in [0, 0.1) is 0 Å². The van der Waals surface area contributed by atoms with Gasteiger partial charge in [-0.05, 0) is 65.0 Å². The first-order valence-electron chi connectivity index (χ1n) is 8.34. The number of aliphatic imine (C=N–C) groups is 2. The first kappa shape index (κ1) is 17.5. The zero-order valence-corrected chi connectivity index (χ0v) is 16.0. The summed E-state index contributed by atoms with van der Waals surface area (Å²) in [6, 6.07) is 5.87. The fraction of sp³-hybridized carbons (Fsp3) is 0.368. The lowest BCUT2D eigenvalue weighted by atomic mass is 10.1. The minimum Gasteiger partial charge on any atom is -0.494 e. The van der Waals surface area contributed by atoms with Crippen molar-refractivity contribution in [3.8, 4) is 5.75 Å². The molecule has 0 fully saturated rings. The second-order valence-electron chi connectivity index (χ2n) is 6.34. The molecular weight excluding hydrogens is 332 g/mol. The summed E-state index contributed by atoms with van der Waals surface area (Å²) >= 11 is 5.16. The molecule has 0 saturated heterocycles. The van der Waals surface area contributed by atoms with Crippen LogP contribution in [0.5, 0.6) is 5.75 Å². The number of benzene rings is 1. The van der Waals surface area contributed by atoms with Crippen molar-refractivity contribution in [1.29, 1.82) is 0 Å². The highest BCUT2D eigenvalue weighted by molar-refractivity contribution is 7.80. The smallest absolute Gasteiger partial charge is 0.219 e. The lowest BCUT2D eigenvalue weighted by Crippen LogP contribution is -2.29. The van der Waals surface area contributed by atoms with E-state index in [4.69, 9.17) is 21.9 Å². The Balaban J connectivity index is 2.28. The van der Waals surface area contributed by atoms with Gasteiger partial charge in [-0.1, -0.05) is 5.57 Å². The summed E-state index contributed by atoms with van der Waals surface area (Å²) in [7, 11) is 0. The summed E-state index contributed by atoms with van der Waals surface area (Å²) < 4.78 is 7.85. The minimum atomic E-state index is -0.0980. The Bertz CT molecular complexity index is 910. The lowest BCUT2D eigenvalue weighted by molar-refractivity contribution is 0.340. The zero-order valence-electron chi connectivity index (χ0n) is 15.2. The van der Waals surface area contributed by atoms with Crippen molar-refractivity contribution in [2.75, 3.05) is 6.61 Å². The van der Waals surface area contributed by atoms with Crippen LogP contribution in [0.4, 0.5) is 0 Å². The Kier molecular flexibility index (Phi) is 4.81. The topological polar surface area (TPSA) is 51.8 Å². The van der Waals surface area contributed by atoms with E-state index in [1.54, 1.807) is 0 Å². The summed E-state index contributed by atoms with van der Waals surface area (Å²) in [6.45, 7) is 10.7. The average Bonchev–Trinajstić information content (AvgIpc) is 2.84.